The van der Waals surface area contributed by atoms with E-state index in [2.05, 4.69) is 16.9 Å². The Hall–Kier alpha value is -2.71. The average molecular weight is 472 g/mol. The molecule has 2 N–H and O–H groups in total. The Morgan fingerprint density at radius 3 is 2.82 bits per heavy atom. The van der Waals surface area contributed by atoms with Gasteiger partial charge in [-0.1, -0.05) is 6.92 Å². The summed E-state index contributed by atoms with van der Waals surface area (Å²) in [5.74, 6) is -1.03. The second kappa shape index (κ2) is 10.1. The van der Waals surface area contributed by atoms with E-state index < -0.39 is 11.6 Å². The summed E-state index contributed by atoms with van der Waals surface area (Å²) in [5.41, 5.74) is 8.09. The quantitative estimate of drug-likeness (QED) is 0.458. The molecule has 174 valence electrons. The monoisotopic (exact) mass is 471 g/mol. The van der Waals surface area contributed by atoms with Crippen LogP contribution in [-0.4, -0.2) is 28.4 Å². The molecule has 0 unspecified atom stereocenters. The number of carbonyl (C=O) groups is 1. The van der Waals surface area contributed by atoms with Gasteiger partial charge in [-0.05, 0) is 67.3 Å². The lowest BCUT2D eigenvalue weighted by Gasteiger charge is -2.32. The van der Waals surface area contributed by atoms with E-state index in [0.717, 1.165) is 47.8 Å². The molecule has 1 aliphatic rings. The van der Waals surface area contributed by atoms with Gasteiger partial charge in [0, 0.05) is 30.2 Å². The zero-order chi connectivity index (χ0) is 23.5. The van der Waals surface area contributed by atoms with Crippen LogP contribution in [0.5, 0.6) is 5.75 Å². The number of halogens is 2. The maximum atomic E-state index is 14.8. The number of ether oxygens (including phenoxy) is 1. The fraction of sp³-hybridized carbons (Fsp3) is 0.400. The molecular weight excluding hydrogens is 444 g/mol. The van der Waals surface area contributed by atoms with E-state index in [1.165, 1.54) is 6.07 Å². The number of nitrogens with two attached hydrogens (primary N) is 1. The van der Waals surface area contributed by atoms with Gasteiger partial charge in [-0.2, -0.15) is 0 Å². The number of pyridine rings is 1. The second-order valence-corrected chi connectivity index (χ2v) is 9.51. The minimum absolute atomic E-state index is 0.0445. The Morgan fingerprint density at radius 1 is 1.24 bits per heavy atom. The van der Waals surface area contributed by atoms with Gasteiger partial charge in [0.15, 0.2) is 17.3 Å². The predicted molar refractivity (Wildman–Crippen MR) is 125 cm³/mol. The molecule has 0 aliphatic heterocycles. The van der Waals surface area contributed by atoms with E-state index in [1.54, 1.807) is 24.7 Å². The van der Waals surface area contributed by atoms with Crippen LogP contribution in [0.1, 0.15) is 60.6 Å². The van der Waals surface area contributed by atoms with Gasteiger partial charge in [0.05, 0.1) is 12.2 Å². The predicted octanol–water partition coefficient (Wildman–Crippen LogP) is 5.54. The molecule has 1 aromatic carbocycles. The van der Waals surface area contributed by atoms with Crippen LogP contribution >= 0.6 is 11.3 Å². The summed E-state index contributed by atoms with van der Waals surface area (Å²) in [5, 5.41) is 1.65. The van der Waals surface area contributed by atoms with E-state index >= 15 is 0 Å². The van der Waals surface area contributed by atoms with Crippen molar-refractivity contribution in [2.24, 2.45) is 11.7 Å². The molecule has 0 amide bonds. The highest BCUT2D eigenvalue weighted by Crippen LogP contribution is 2.37. The molecule has 1 aliphatic carbocycles. The maximum absolute atomic E-state index is 14.8. The molecule has 33 heavy (non-hydrogen) atoms. The molecule has 0 spiro atoms. The van der Waals surface area contributed by atoms with E-state index in [0.29, 0.717) is 5.92 Å². The van der Waals surface area contributed by atoms with Crippen molar-refractivity contribution in [2.45, 2.75) is 51.5 Å². The third kappa shape index (κ3) is 5.12. The number of carbonyl (C=O) groups excluding carboxylic acids is 1. The van der Waals surface area contributed by atoms with Crippen LogP contribution < -0.4 is 10.5 Å². The lowest BCUT2D eigenvalue weighted by molar-refractivity contribution is 0.0988. The maximum Gasteiger partial charge on any atom is 0.186 e. The molecule has 0 saturated heterocycles. The molecule has 3 atom stereocenters. The molecule has 2 heterocycles. The summed E-state index contributed by atoms with van der Waals surface area (Å²) >= 11 is 1.03. The second-order valence-electron chi connectivity index (χ2n) is 8.65. The van der Waals surface area contributed by atoms with Crippen molar-refractivity contribution in [3.05, 3.63) is 64.4 Å². The van der Waals surface area contributed by atoms with Crippen LogP contribution in [-0.2, 0) is 6.42 Å². The molecular formula is C25H27F2N3O2S. The number of benzene rings is 1. The molecule has 1 fully saturated rings. The lowest BCUT2D eigenvalue weighted by atomic mass is 9.75. The number of rotatable bonds is 7. The molecule has 4 rings (SSSR count). The van der Waals surface area contributed by atoms with Crippen molar-refractivity contribution in [3.8, 4) is 16.3 Å². The molecule has 0 bridgehead atoms. The highest BCUT2D eigenvalue weighted by molar-refractivity contribution is 7.13. The SMILES string of the molecule is CCOc1ccc(F)c(-c2nc(C(=O)Cc3cnccc3[C@@H]3C[C@H](C)C[C@H](N)C3)cs2)c1F. The molecule has 2 aromatic heterocycles. The third-order valence-corrected chi connectivity index (χ3v) is 6.93. The average Bonchev–Trinajstić information content (AvgIpc) is 3.25. The molecule has 1 saturated carbocycles. The van der Waals surface area contributed by atoms with E-state index in [1.807, 2.05) is 6.07 Å². The van der Waals surface area contributed by atoms with Crippen LogP contribution in [0.3, 0.4) is 0 Å². The fourth-order valence-corrected chi connectivity index (χ4v) is 5.53. The normalized spacial score (nSPS) is 20.6. The van der Waals surface area contributed by atoms with Crippen molar-refractivity contribution < 1.29 is 18.3 Å². The van der Waals surface area contributed by atoms with Crippen molar-refractivity contribution in [2.75, 3.05) is 6.61 Å². The van der Waals surface area contributed by atoms with Crippen LogP contribution in [0.4, 0.5) is 8.78 Å². The highest BCUT2D eigenvalue weighted by Gasteiger charge is 2.28. The van der Waals surface area contributed by atoms with Gasteiger partial charge in [-0.15, -0.1) is 11.3 Å². The number of nitrogens with zero attached hydrogens (tertiary/aromatic N) is 2. The standard InChI is InChI=1S/C25H27F2N3O2S/c1-3-32-22-5-4-19(26)23(24(22)27)25-30-20(13-33-25)21(31)11-16-12-29-7-6-18(16)15-8-14(2)9-17(28)10-15/h4-7,12-15,17H,3,8-11,28H2,1-2H3/t14-,15+,17-/m0/s1. The van der Waals surface area contributed by atoms with E-state index in [9.17, 15) is 13.6 Å². The Balaban J connectivity index is 1.57. The summed E-state index contributed by atoms with van der Waals surface area (Å²) in [4.78, 5) is 21.5. The zero-order valence-electron chi connectivity index (χ0n) is 18.7. The zero-order valence-corrected chi connectivity index (χ0v) is 19.5. The molecule has 5 nitrogen and oxygen atoms in total. The summed E-state index contributed by atoms with van der Waals surface area (Å²) in [7, 11) is 0. The van der Waals surface area contributed by atoms with Crippen molar-refractivity contribution in [1.82, 2.24) is 9.97 Å². The van der Waals surface area contributed by atoms with Crippen molar-refractivity contribution >= 4 is 17.1 Å². The van der Waals surface area contributed by atoms with Gasteiger partial charge in [-0.3, -0.25) is 9.78 Å². The summed E-state index contributed by atoms with van der Waals surface area (Å²) in [6, 6.07) is 4.51. The molecule has 3 aromatic rings. The van der Waals surface area contributed by atoms with Gasteiger partial charge in [0.25, 0.3) is 0 Å². The number of Topliss-reactive ketones (excluding diaryl/α,β-unsaturated/α-hetero) is 1. The first kappa shape index (κ1) is 23.4. The minimum atomic E-state index is -0.817. The number of hydrogen-bond acceptors (Lipinski definition) is 6. The third-order valence-electron chi connectivity index (χ3n) is 6.07. The largest absolute Gasteiger partial charge is 0.491 e. The number of thiazole rings is 1. The number of hydrogen-bond donors (Lipinski definition) is 1. The summed E-state index contributed by atoms with van der Waals surface area (Å²) in [6.07, 6.45) is 6.49. The first-order valence-electron chi connectivity index (χ1n) is 11.2. The Kier molecular flexibility index (Phi) is 7.14. The Labute approximate surface area is 196 Å². The number of aromatic nitrogens is 2. The van der Waals surface area contributed by atoms with Crippen LogP contribution in [0.25, 0.3) is 10.6 Å². The molecule has 0 radical (unpaired) electrons. The number of ketones is 1. The van der Waals surface area contributed by atoms with Crippen LogP contribution in [0.15, 0.2) is 36.0 Å². The Bertz CT molecular complexity index is 1140. The molecule has 8 heteroatoms. The van der Waals surface area contributed by atoms with Gasteiger partial charge in [0.2, 0.25) is 0 Å². The van der Waals surface area contributed by atoms with Gasteiger partial charge < -0.3 is 10.5 Å². The minimum Gasteiger partial charge on any atom is -0.491 e. The smallest absolute Gasteiger partial charge is 0.186 e. The van der Waals surface area contributed by atoms with E-state index in [4.69, 9.17) is 10.5 Å². The first-order chi connectivity index (χ1) is 15.9. The van der Waals surface area contributed by atoms with E-state index in [-0.39, 0.29) is 52.8 Å². The van der Waals surface area contributed by atoms with Crippen LogP contribution in [0.2, 0.25) is 0 Å². The highest BCUT2D eigenvalue weighted by atomic mass is 32.1. The first-order valence-corrected chi connectivity index (χ1v) is 12.0. The van der Waals surface area contributed by atoms with Crippen LogP contribution in [0, 0.1) is 17.6 Å². The van der Waals surface area contributed by atoms with Gasteiger partial charge >= 0.3 is 0 Å². The van der Waals surface area contributed by atoms with Gasteiger partial charge in [0.1, 0.15) is 16.5 Å². The fourth-order valence-electron chi connectivity index (χ4n) is 4.67. The topological polar surface area (TPSA) is 78.1 Å². The lowest BCUT2D eigenvalue weighted by Crippen LogP contribution is -2.31. The van der Waals surface area contributed by atoms with Crippen molar-refractivity contribution in [1.29, 1.82) is 0 Å². The van der Waals surface area contributed by atoms with Crippen molar-refractivity contribution in [3.63, 3.8) is 0 Å². The summed E-state index contributed by atoms with van der Waals surface area (Å²) < 4.78 is 34.4. The van der Waals surface area contributed by atoms with Gasteiger partial charge in [-0.25, -0.2) is 13.8 Å². The Morgan fingerprint density at radius 2 is 2.06 bits per heavy atom. The summed E-state index contributed by atoms with van der Waals surface area (Å²) in [6.45, 7) is 4.17.